The SMILES string of the molecule is Cc1ccc2c(C)c(/C(=C\C=N)C(C)C)oc2c1C1(C)C=CC=CN1C. The molecular formula is C23H28N2O. The van der Waals surface area contributed by atoms with Crippen molar-refractivity contribution >= 4 is 22.8 Å². The largest absolute Gasteiger partial charge is 0.456 e. The molecule has 0 saturated carbocycles. The lowest BCUT2D eigenvalue weighted by molar-refractivity contribution is 0.260. The average molecular weight is 348 g/mol. The van der Waals surface area contributed by atoms with E-state index in [2.05, 4.69) is 83.1 Å². The summed E-state index contributed by atoms with van der Waals surface area (Å²) in [6.07, 6.45) is 11.7. The Kier molecular flexibility index (Phi) is 4.66. The topological polar surface area (TPSA) is 40.2 Å². The lowest BCUT2D eigenvalue weighted by atomic mass is 9.84. The van der Waals surface area contributed by atoms with E-state index in [1.165, 1.54) is 17.3 Å². The first kappa shape index (κ1) is 18.2. The third-order valence-electron chi connectivity index (χ3n) is 5.54. The fraction of sp³-hybridized carbons (Fsp3) is 0.348. The third kappa shape index (κ3) is 2.72. The van der Waals surface area contributed by atoms with E-state index in [0.29, 0.717) is 0 Å². The van der Waals surface area contributed by atoms with Gasteiger partial charge in [0.25, 0.3) is 0 Å². The molecule has 1 aliphatic rings. The van der Waals surface area contributed by atoms with E-state index in [1.807, 2.05) is 6.08 Å². The minimum absolute atomic E-state index is 0.261. The molecule has 3 nitrogen and oxygen atoms in total. The van der Waals surface area contributed by atoms with Crippen molar-refractivity contribution in [2.75, 3.05) is 7.05 Å². The number of rotatable bonds is 4. The van der Waals surface area contributed by atoms with Crippen molar-refractivity contribution in [2.24, 2.45) is 5.92 Å². The van der Waals surface area contributed by atoms with Gasteiger partial charge in [0.1, 0.15) is 11.3 Å². The third-order valence-corrected chi connectivity index (χ3v) is 5.54. The Bertz CT molecular complexity index is 943. The Balaban J connectivity index is 2.33. The van der Waals surface area contributed by atoms with E-state index < -0.39 is 0 Å². The zero-order chi connectivity index (χ0) is 19.1. The molecule has 0 aliphatic carbocycles. The molecule has 2 heterocycles. The molecule has 0 bridgehead atoms. The molecule has 1 aromatic carbocycles. The monoisotopic (exact) mass is 348 g/mol. The number of hydrogen-bond donors (Lipinski definition) is 1. The van der Waals surface area contributed by atoms with Crippen LogP contribution in [0.25, 0.3) is 16.5 Å². The molecule has 1 N–H and O–H groups in total. The number of benzene rings is 1. The van der Waals surface area contributed by atoms with Crippen LogP contribution in [0.2, 0.25) is 0 Å². The van der Waals surface area contributed by atoms with Gasteiger partial charge in [-0.2, -0.15) is 0 Å². The first-order chi connectivity index (χ1) is 12.3. The van der Waals surface area contributed by atoms with Crippen molar-refractivity contribution in [3.63, 3.8) is 0 Å². The van der Waals surface area contributed by atoms with Crippen LogP contribution in [0.1, 0.15) is 43.2 Å². The predicted octanol–water partition coefficient (Wildman–Crippen LogP) is 5.97. The summed E-state index contributed by atoms with van der Waals surface area (Å²) < 4.78 is 6.50. The van der Waals surface area contributed by atoms with E-state index in [0.717, 1.165) is 27.9 Å². The van der Waals surface area contributed by atoms with Gasteiger partial charge in [0.15, 0.2) is 0 Å². The maximum absolute atomic E-state index is 7.51. The second kappa shape index (κ2) is 6.64. The molecule has 0 fully saturated rings. The summed E-state index contributed by atoms with van der Waals surface area (Å²) in [5.41, 5.74) is 5.31. The minimum Gasteiger partial charge on any atom is -0.456 e. The Labute approximate surface area is 156 Å². The zero-order valence-corrected chi connectivity index (χ0v) is 16.6. The second-order valence-corrected chi connectivity index (χ2v) is 7.59. The van der Waals surface area contributed by atoms with Gasteiger partial charge in [-0.05, 0) is 56.2 Å². The number of hydrogen-bond acceptors (Lipinski definition) is 3. The van der Waals surface area contributed by atoms with E-state index in [-0.39, 0.29) is 11.5 Å². The van der Waals surface area contributed by atoms with Crippen molar-refractivity contribution in [1.82, 2.24) is 4.90 Å². The van der Waals surface area contributed by atoms with Crippen molar-refractivity contribution < 1.29 is 4.42 Å². The summed E-state index contributed by atoms with van der Waals surface area (Å²) >= 11 is 0. The van der Waals surface area contributed by atoms with E-state index in [1.54, 1.807) is 0 Å². The number of allylic oxidation sites excluding steroid dienone is 4. The summed E-state index contributed by atoms with van der Waals surface area (Å²) in [5, 5.41) is 8.66. The maximum Gasteiger partial charge on any atom is 0.141 e. The van der Waals surface area contributed by atoms with Crippen molar-refractivity contribution in [3.05, 3.63) is 65.1 Å². The van der Waals surface area contributed by atoms with Crippen LogP contribution in [0.4, 0.5) is 0 Å². The van der Waals surface area contributed by atoms with Gasteiger partial charge in [-0.3, -0.25) is 0 Å². The predicted molar refractivity (Wildman–Crippen MR) is 111 cm³/mol. The van der Waals surface area contributed by atoms with Crippen LogP contribution in [0.5, 0.6) is 0 Å². The molecule has 136 valence electrons. The fourth-order valence-corrected chi connectivity index (χ4v) is 3.86. The summed E-state index contributed by atoms with van der Waals surface area (Å²) in [6.45, 7) is 10.8. The number of nitrogens with one attached hydrogen (secondary N) is 1. The molecule has 2 aromatic rings. The summed E-state index contributed by atoms with van der Waals surface area (Å²) in [6, 6.07) is 4.34. The second-order valence-electron chi connectivity index (χ2n) is 7.59. The van der Waals surface area contributed by atoms with Crippen molar-refractivity contribution in [1.29, 1.82) is 5.41 Å². The van der Waals surface area contributed by atoms with Gasteiger partial charge in [-0.25, -0.2) is 0 Å². The van der Waals surface area contributed by atoms with Crippen LogP contribution < -0.4 is 0 Å². The van der Waals surface area contributed by atoms with Crippen LogP contribution in [-0.2, 0) is 5.54 Å². The zero-order valence-electron chi connectivity index (χ0n) is 16.6. The fourth-order valence-electron chi connectivity index (χ4n) is 3.86. The first-order valence-electron chi connectivity index (χ1n) is 9.14. The molecule has 1 aliphatic heterocycles. The summed E-state index contributed by atoms with van der Waals surface area (Å²) in [7, 11) is 2.10. The molecule has 1 aromatic heterocycles. The minimum atomic E-state index is -0.261. The van der Waals surface area contributed by atoms with Crippen LogP contribution >= 0.6 is 0 Å². The highest BCUT2D eigenvalue weighted by atomic mass is 16.3. The van der Waals surface area contributed by atoms with Crippen LogP contribution in [0, 0.1) is 25.2 Å². The number of aryl methyl sites for hydroxylation is 2. The molecule has 0 saturated heterocycles. The van der Waals surface area contributed by atoms with Gasteiger partial charge in [-0.15, -0.1) is 0 Å². The van der Waals surface area contributed by atoms with Gasteiger partial charge in [-0.1, -0.05) is 38.1 Å². The Morgan fingerprint density at radius 1 is 1.23 bits per heavy atom. The molecule has 0 spiro atoms. The molecular weight excluding hydrogens is 320 g/mol. The Morgan fingerprint density at radius 3 is 2.58 bits per heavy atom. The molecule has 1 atom stereocenters. The Morgan fingerprint density at radius 2 is 1.96 bits per heavy atom. The van der Waals surface area contributed by atoms with Crippen molar-refractivity contribution in [2.45, 2.75) is 40.2 Å². The lowest BCUT2D eigenvalue weighted by Gasteiger charge is -2.38. The molecule has 0 radical (unpaired) electrons. The van der Waals surface area contributed by atoms with Crippen LogP contribution in [-0.4, -0.2) is 18.2 Å². The van der Waals surface area contributed by atoms with E-state index in [9.17, 15) is 0 Å². The summed E-state index contributed by atoms with van der Waals surface area (Å²) in [4.78, 5) is 2.23. The lowest BCUT2D eigenvalue weighted by Crippen LogP contribution is -2.37. The normalized spacial score (nSPS) is 20.4. The van der Waals surface area contributed by atoms with Gasteiger partial charge >= 0.3 is 0 Å². The van der Waals surface area contributed by atoms with Gasteiger partial charge in [0, 0.05) is 29.8 Å². The number of fused-ring (bicyclic) bond motifs is 1. The molecule has 1 unspecified atom stereocenters. The average Bonchev–Trinajstić information content (AvgIpc) is 2.91. The highest BCUT2D eigenvalue weighted by molar-refractivity contribution is 5.92. The maximum atomic E-state index is 7.51. The highest BCUT2D eigenvalue weighted by Crippen LogP contribution is 2.42. The number of nitrogens with zero attached hydrogens (tertiary/aromatic N) is 1. The first-order valence-corrected chi connectivity index (χ1v) is 9.14. The quantitative estimate of drug-likeness (QED) is 0.692. The smallest absolute Gasteiger partial charge is 0.141 e. The van der Waals surface area contributed by atoms with E-state index in [4.69, 9.17) is 9.83 Å². The molecule has 26 heavy (non-hydrogen) atoms. The Hall–Kier alpha value is -2.55. The van der Waals surface area contributed by atoms with Gasteiger partial charge < -0.3 is 14.7 Å². The van der Waals surface area contributed by atoms with Gasteiger partial charge in [0.05, 0.1) is 5.54 Å². The van der Waals surface area contributed by atoms with Crippen molar-refractivity contribution in [3.8, 4) is 0 Å². The summed E-state index contributed by atoms with van der Waals surface area (Å²) in [5.74, 6) is 1.18. The van der Waals surface area contributed by atoms with Crippen LogP contribution in [0.15, 0.2) is 47.1 Å². The molecule has 3 rings (SSSR count). The van der Waals surface area contributed by atoms with Gasteiger partial charge in [0.2, 0.25) is 0 Å². The molecule has 0 amide bonds. The highest BCUT2D eigenvalue weighted by Gasteiger charge is 2.34. The van der Waals surface area contributed by atoms with Crippen LogP contribution in [0.3, 0.4) is 0 Å². The standard InChI is InChI=1S/C23H28N2O/c1-15(2)18(11-13-24)21-17(4)19-10-9-16(3)20(22(19)26-21)23(5)12-7-8-14-25(23)6/h7-15,24H,1-6H3/b18-11-,24-13?. The number of furan rings is 1. The van der Waals surface area contributed by atoms with E-state index >= 15 is 0 Å². The number of likely N-dealkylation sites (N-methyl/N-ethyl adjacent to an activating group) is 1. The molecule has 3 heteroatoms.